The number of ether oxygens (including phenoxy) is 4. The van der Waals surface area contributed by atoms with Crippen molar-refractivity contribution in [1.82, 2.24) is 15.1 Å². The van der Waals surface area contributed by atoms with Crippen molar-refractivity contribution in [1.29, 1.82) is 0 Å². The summed E-state index contributed by atoms with van der Waals surface area (Å²) >= 11 is 0. The van der Waals surface area contributed by atoms with E-state index in [0.29, 0.717) is 31.7 Å². The summed E-state index contributed by atoms with van der Waals surface area (Å²) in [6.07, 6.45) is 2.15. The van der Waals surface area contributed by atoms with Gasteiger partial charge in [-0.25, -0.2) is 4.79 Å². The Morgan fingerprint density at radius 3 is 2.70 bits per heavy atom. The minimum Gasteiger partial charge on any atom is -0.507 e. The number of anilines is 1. The van der Waals surface area contributed by atoms with Crippen molar-refractivity contribution in [2.24, 2.45) is 0 Å². The van der Waals surface area contributed by atoms with E-state index in [2.05, 4.69) is 15.5 Å². The summed E-state index contributed by atoms with van der Waals surface area (Å²) in [5, 5.41) is 19.7. The molecule has 0 bridgehead atoms. The highest BCUT2D eigenvalue weighted by Gasteiger charge is 2.35. The smallest absolute Gasteiger partial charge is 0.410 e. The summed E-state index contributed by atoms with van der Waals surface area (Å²) in [6.45, 7) is 4.49. The van der Waals surface area contributed by atoms with E-state index in [1.54, 1.807) is 11.0 Å². The normalized spacial score (nSPS) is 23.4. The van der Waals surface area contributed by atoms with Crippen LogP contribution in [0.25, 0.3) is 0 Å². The van der Waals surface area contributed by atoms with Gasteiger partial charge in [0.25, 0.3) is 5.91 Å². The minimum atomic E-state index is -0.496. The van der Waals surface area contributed by atoms with E-state index >= 15 is 0 Å². The topological polar surface area (TPSA) is 152 Å². The molecule has 1 aromatic heterocycles. The number of hydrogen-bond donors (Lipinski definition) is 3. The van der Waals surface area contributed by atoms with Crippen LogP contribution in [-0.2, 0) is 14.3 Å². The van der Waals surface area contributed by atoms with Crippen molar-refractivity contribution in [2.75, 3.05) is 32.2 Å². The fourth-order valence-corrected chi connectivity index (χ4v) is 4.77. The van der Waals surface area contributed by atoms with Crippen molar-refractivity contribution in [3.05, 3.63) is 29.5 Å². The molecule has 1 saturated heterocycles. The number of aromatic amines is 1. The number of hydrogen-bond acceptors (Lipinski definition) is 9. The second-order valence-corrected chi connectivity index (χ2v) is 9.38. The van der Waals surface area contributed by atoms with Gasteiger partial charge in [0.2, 0.25) is 0 Å². The van der Waals surface area contributed by atoms with E-state index in [-0.39, 0.29) is 53.0 Å². The van der Waals surface area contributed by atoms with E-state index in [1.165, 1.54) is 19.2 Å². The fraction of sp³-hybridized carbons (Fsp3) is 0.520. The van der Waals surface area contributed by atoms with E-state index in [1.807, 2.05) is 13.8 Å². The summed E-state index contributed by atoms with van der Waals surface area (Å²) < 4.78 is 21.8. The summed E-state index contributed by atoms with van der Waals surface area (Å²) in [4.78, 5) is 38.1. The van der Waals surface area contributed by atoms with Gasteiger partial charge in [0, 0.05) is 29.8 Å². The quantitative estimate of drug-likeness (QED) is 0.450. The number of H-pyrrole nitrogens is 1. The Kier molecular flexibility index (Phi) is 8.17. The summed E-state index contributed by atoms with van der Waals surface area (Å²) in [6, 6.07) is 4.37. The molecule has 12 nitrogen and oxygen atoms in total. The highest BCUT2D eigenvalue weighted by atomic mass is 16.6. The lowest BCUT2D eigenvalue weighted by atomic mass is 10.0. The Bertz CT molecular complexity index is 1130. The van der Waals surface area contributed by atoms with Crippen LogP contribution in [0.15, 0.2) is 18.2 Å². The predicted octanol–water partition coefficient (Wildman–Crippen LogP) is 2.84. The number of aromatic nitrogens is 2. The maximum absolute atomic E-state index is 12.7. The summed E-state index contributed by atoms with van der Waals surface area (Å²) in [7, 11) is 1.41. The van der Waals surface area contributed by atoms with Gasteiger partial charge in [-0.1, -0.05) is 0 Å². The van der Waals surface area contributed by atoms with Crippen LogP contribution in [0.5, 0.6) is 17.2 Å². The number of phenols is 1. The predicted molar refractivity (Wildman–Crippen MR) is 131 cm³/mol. The number of morpholine rings is 1. The van der Waals surface area contributed by atoms with Crippen LogP contribution in [0.3, 0.4) is 0 Å². The third kappa shape index (κ3) is 6.13. The Balaban J connectivity index is 1.28. The first-order valence-electron chi connectivity index (χ1n) is 12.2. The first-order chi connectivity index (χ1) is 17.8. The molecular weight excluding hydrogens is 484 g/mol. The summed E-state index contributed by atoms with van der Waals surface area (Å²) in [5.41, 5.74) is 0.758. The zero-order valence-electron chi connectivity index (χ0n) is 21.1. The second-order valence-electron chi connectivity index (χ2n) is 9.38. The van der Waals surface area contributed by atoms with Crippen LogP contribution in [0.2, 0.25) is 0 Å². The number of phenolic OH excluding ortho intramolecular Hbond substituents is 1. The van der Waals surface area contributed by atoms with E-state index in [0.717, 1.165) is 18.5 Å². The molecule has 1 aliphatic carbocycles. The van der Waals surface area contributed by atoms with Crippen LogP contribution < -0.4 is 14.8 Å². The van der Waals surface area contributed by atoms with Gasteiger partial charge in [0.1, 0.15) is 23.4 Å². The number of carbonyl (C=O) groups is 3. The van der Waals surface area contributed by atoms with Crippen LogP contribution >= 0.6 is 0 Å². The van der Waals surface area contributed by atoms with Crippen molar-refractivity contribution in [3.63, 3.8) is 0 Å². The average molecular weight is 517 g/mol. The molecule has 3 N–H and O–H groups in total. The number of rotatable bonds is 8. The third-order valence-corrected chi connectivity index (χ3v) is 6.64. The molecule has 4 atom stereocenters. The molecule has 2 heterocycles. The molecule has 1 saturated carbocycles. The first-order valence-corrected chi connectivity index (χ1v) is 12.2. The van der Waals surface area contributed by atoms with Gasteiger partial charge in [-0.3, -0.25) is 19.6 Å². The Morgan fingerprint density at radius 2 is 2.00 bits per heavy atom. The number of aromatic hydroxyl groups is 1. The molecule has 12 heteroatoms. The molecule has 2 aliphatic rings. The minimum absolute atomic E-state index is 0.0251. The molecule has 1 aromatic carbocycles. The number of methoxy groups -OCH3 is 1. The van der Waals surface area contributed by atoms with E-state index in [9.17, 15) is 19.5 Å². The second kappa shape index (κ2) is 11.5. The molecule has 1 aliphatic heterocycles. The zero-order chi connectivity index (χ0) is 26.5. The zero-order valence-corrected chi connectivity index (χ0v) is 21.1. The lowest BCUT2D eigenvalue weighted by Gasteiger charge is -2.38. The van der Waals surface area contributed by atoms with Gasteiger partial charge < -0.3 is 29.4 Å². The van der Waals surface area contributed by atoms with Crippen molar-refractivity contribution in [3.8, 4) is 17.2 Å². The molecule has 0 radical (unpaired) electrons. The number of nitrogens with one attached hydrogen (secondary N) is 2. The number of carbonyl (C=O) groups excluding carboxylic acids is 3. The fourth-order valence-electron chi connectivity index (χ4n) is 4.77. The van der Waals surface area contributed by atoms with Crippen LogP contribution in [-0.4, -0.2) is 83.6 Å². The van der Waals surface area contributed by atoms with Crippen molar-refractivity contribution in [2.45, 2.75) is 57.2 Å². The van der Waals surface area contributed by atoms with E-state index < -0.39 is 12.5 Å². The molecule has 37 heavy (non-hydrogen) atoms. The van der Waals surface area contributed by atoms with Crippen LogP contribution in [0.4, 0.5) is 10.6 Å². The number of amides is 2. The number of nitrogens with zero attached hydrogens (tertiary/aromatic N) is 2. The van der Waals surface area contributed by atoms with Gasteiger partial charge in [-0.05, 0) is 33.1 Å². The van der Waals surface area contributed by atoms with Crippen molar-refractivity contribution >= 4 is 24.1 Å². The van der Waals surface area contributed by atoms with Crippen LogP contribution in [0, 0.1) is 0 Å². The number of aldehydes is 1. The molecule has 200 valence electrons. The van der Waals surface area contributed by atoms with Gasteiger partial charge >= 0.3 is 6.09 Å². The highest BCUT2D eigenvalue weighted by molar-refractivity contribution is 5.91. The maximum Gasteiger partial charge on any atom is 0.410 e. The number of benzene rings is 1. The standard InChI is InChI=1S/C25H32N4O8/c1-14-11-35-12-15(2)29(14)25(33)37-17-5-4-16(6-17)20-9-23(28-27-20)26-24(32)13-36-22-8-18(34-3)7-21(31)19(22)10-30/h7-10,14-17,31H,4-6,11-13H2,1-3H3,(H2,26,27,28,32)/t14-,15+,16-,17+/m0/s1. The van der Waals surface area contributed by atoms with E-state index in [4.69, 9.17) is 18.9 Å². The van der Waals surface area contributed by atoms with Gasteiger partial charge in [0.05, 0.1) is 38.0 Å². The van der Waals surface area contributed by atoms with Crippen molar-refractivity contribution < 1.29 is 38.4 Å². The molecule has 2 amide bonds. The molecule has 2 aromatic rings. The van der Waals surface area contributed by atoms with Gasteiger partial charge in [-0.15, -0.1) is 0 Å². The van der Waals surface area contributed by atoms with Gasteiger partial charge in [-0.2, -0.15) is 5.10 Å². The SMILES string of the molecule is COc1cc(O)c(C=O)c(OCC(=O)Nc2cc([C@H]3CC[C@@H](OC(=O)N4[C@H](C)COC[C@@H]4C)C3)[nH]n2)c1. The monoisotopic (exact) mass is 516 g/mol. The first kappa shape index (κ1) is 26.3. The average Bonchev–Trinajstić information content (AvgIpc) is 3.52. The Labute approximate surface area is 214 Å². The molecule has 0 unspecified atom stereocenters. The Morgan fingerprint density at radius 1 is 1.24 bits per heavy atom. The lowest BCUT2D eigenvalue weighted by Crippen LogP contribution is -2.53. The maximum atomic E-state index is 12.7. The highest BCUT2D eigenvalue weighted by Crippen LogP contribution is 2.36. The molecule has 2 fully saturated rings. The third-order valence-electron chi connectivity index (χ3n) is 6.64. The Hall–Kier alpha value is -3.80. The molecule has 4 rings (SSSR count). The van der Waals surface area contributed by atoms with Crippen LogP contribution in [0.1, 0.15) is 55.1 Å². The summed E-state index contributed by atoms with van der Waals surface area (Å²) in [5.74, 6) is -0.0618. The largest absolute Gasteiger partial charge is 0.507 e. The lowest BCUT2D eigenvalue weighted by molar-refractivity contribution is -0.118. The van der Waals surface area contributed by atoms with Gasteiger partial charge in [0.15, 0.2) is 18.7 Å². The molecule has 0 spiro atoms. The molecular formula is C25H32N4O8.